The molecule has 140 valence electrons. The maximum Gasteiger partial charge on any atom is 0.266 e. The molecule has 0 bridgehead atoms. The minimum absolute atomic E-state index is 0.00381. The van der Waals surface area contributed by atoms with Gasteiger partial charge >= 0.3 is 0 Å². The average molecular weight is 381 g/mol. The third kappa shape index (κ3) is 4.80. The van der Waals surface area contributed by atoms with Crippen molar-refractivity contribution in [3.63, 3.8) is 0 Å². The number of carbonyl (C=O) groups excluding carboxylic acids is 1. The van der Waals surface area contributed by atoms with Gasteiger partial charge in [0.25, 0.3) is 5.91 Å². The molecule has 1 heterocycles. The molecule has 3 rings (SSSR count). The van der Waals surface area contributed by atoms with Gasteiger partial charge in [-0.2, -0.15) is 0 Å². The second-order valence-corrected chi connectivity index (χ2v) is 7.51. The van der Waals surface area contributed by atoms with Crippen molar-refractivity contribution < 1.29 is 9.53 Å². The summed E-state index contributed by atoms with van der Waals surface area (Å²) in [5.74, 6) is 0.778. The third-order valence-corrected chi connectivity index (χ3v) is 4.89. The van der Waals surface area contributed by atoms with Crippen LogP contribution >= 0.6 is 11.8 Å². The lowest BCUT2D eigenvalue weighted by Crippen LogP contribution is -2.29. The monoisotopic (exact) mass is 380 g/mol. The van der Waals surface area contributed by atoms with E-state index in [2.05, 4.69) is 11.9 Å². The SMILES string of the molecule is CCCN1C(=O)/C(=C\c2ccccc2OC(C)C)SC1=Nc1ccccc1. The first-order chi connectivity index (χ1) is 13.1. The number of ether oxygens (including phenoxy) is 1. The van der Waals surface area contributed by atoms with Gasteiger partial charge in [-0.25, -0.2) is 4.99 Å². The zero-order chi connectivity index (χ0) is 19.2. The van der Waals surface area contributed by atoms with Crippen LogP contribution in [0.2, 0.25) is 0 Å². The molecule has 0 spiro atoms. The molecule has 0 aliphatic carbocycles. The highest BCUT2D eigenvalue weighted by atomic mass is 32.2. The summed E-state index contributed by atoms with van der Waals surface area (Å²) in [5.41, 5.74) is 1.75. The lowest BCUT2D eigenvalue weighted by molar-refractivity contribution is -0.122. The van der Waals surface area contributed by atoms with Crippen LogP contribution < -0.4 is 4.74 Å². The Morgan fingerprint density at radius 3 is 2.52 bits per heavy atom. The van der Waals surface area contributed by atoms with E-state index in [0.29, 0.717) is 11.4 Å². The van der Waals surface area contributed by atoms with Crippen LogP contribution in [0.5, 0.6) is 5.75 Å². The van der Waals surface area contributed by atoms with Gasteiger partial charge in [0.2, 0.25) is 0 Å². The maximum atomic E-state index is 12.9. The first-order valence-electron chi connectivity index (χ1n) is 9.19. The van der Waals surface area contributed by atoms with Gasteiger partial charge in [-0.3, -0.25) is 9.69 Å². The van der Waals surface area contributed by atoms with Crippen molar-refractivity contribution in [3.8, 4) is 5.75 Å². The first kappa shape index (κ1) is 19.2. The lowest BCUT2D eigenvalue weighted by Gasteiger charge is -2.14. The third-order valence-electron chi connectivity index (χ3n) is 3.88. The van der Waals surface area contributed by atoms with Gasteiger partial charge in [-0.1, -0.05) is 43.3 Å². The van der Waals surface area contributed by atoms with Crippen molar-refractivity contribution >= 4 is 34.6 Å². The van der Waals surface area contributed by atoms with Gasteiger partial charge in [0.1, 0.15) is 5.75 Å². The second kappa shape index (κ2) is 8.91. The summed E-state index contributed by atoms with van der Waals surface area (Å²) in [6, 6.07) is 17.5. The highest BCUT2D eigenvalue weighted by molar-refractivity contribution is 8.18. The Morgan fingerprint density at radius 1 is 1.11 bits per heavy atom. The van der Waals surface area contributed by atoms with E-state index >= 15 is 0 Å². The Hall–Kier alpha value is -2.53. The van der Waals surface area contributed by atoms with E-state index in [4.69, 9.17) is 4.74 Å². The van der Waals surface area contributed by atoms with Gasteiger partial charge in [-0.15, -0.1) is 0 Å². The Kier molecular flexibility index (Phi) is 6.35. The fourth-order valence-electron chi connectivity index (χ4n) is 2.73. The molecule has 1 fully saturated rings. The standard InChI is InChI=1S/C22H24N2O2S/c1-4-14-24-21(25)20(27-22(24)23-18-11-6-5-7-12-18)15-17-10-8-9-13-19(17)26-16(2)3/h5-13,15-16H,4,14H2,1-3H3/b20-15+,23-22?. The molecule has 1 aliphatic rings. The van der Waals surface area contributed by atoms with Crippen LogP contribution in [0.25, 0.3) is 6.08 Å². The fraction of sp³-hybridized carbons (Fsp3) is 0.273. The summed E-state index contributed by atoms with van der Waals surface area (Å²) in [4.78, 5) is 20.1. The van der Waals surface area contributed by atoms with Crippen LogP contribution in [0.1, 0.15) is 32.8 Å². The Morgan fingerprint density at radius 2 is 1.81 bits per heavy atom. The topological polar surface area (TPSA) is 41.9 Å². The number of rotatable bonds is 6. The molecule has 0 saturated carbocycles. The smallest absolute Gasteiger partial charge is 0.266 e. The van der Waals surface area contributed by atoms with Crippen LogP contribution in [-0.2, 0) is 4.79 Å². The van der Waals surface area contributed by atoms with Crippen LogP contribution in [0.3, 0.4) is 0 Å². The van der Waals surface area contributed by atoms with Gasteiger partial charge in [0, 0.05) is 12.1 Å². The molecule has 2 aromatic rings. The summed E-state index contributed by atoms with van der Waals surface area (Å²) >= 11 is 1.42. The number of aliphatic imine (C=N–C) groups is 1. The van der Waals surface area contributed by atoms with E-state index in [0.717, 1.165) is 28.6 Å². The average Bonchev–Trinajstić information content (AvgIpc) is 2.93. The van der Waals surface area contributed by atoms with Crippen LogP contribution in [0, 0.1) is 0 Å². The summed E-state index contributed by atoms with van der Waals surface area (Å²) in [6.45, 7) is 6.70. The second-order valence-electron chi connectivity index (χ2n) is 6.50. The number of para-hydroxylation sites is 2. The number of thioether (sulfide) groups is 1. The number of hydrogen-bond donors (Lipinski definition) is 0. The first-order valence-corrected chi connectivity index (χ1v) is 10.0. The van der Waals surface area contributed by atoms with Crippen LogP contribution in [0.15, 0.2) is 64.5 Å². The molecule has 5 heteroatoms. The number of benzene rings is 2. The Labute approximate surface area is 164 Å². The lowest BCUT2D eigenvalue weighted by atomic mass is 10.2. The molecular weight excluding hydrogens is 356 g/mol. The molecule has 1 aliphatic heterocycles. The highest BCUT2D eigenvalue weighted by Gasteiger charge is 2.33. The molecule has 1 saturated heterocycles. The number of hydrogen-bond acceptors (Lipinski definition) is 4. The molecular formula is C22H24N2O2S. The quantitative estimate of drug-likeness (QED) is 0.623. The van der Waals surface area contributed by atoms with Crippen LogP contribution in [-0.4, -0.2) is 28.6 Å². The van der Waals surface area contributed by atoms with E-state index in [1.54, 1.807) is 4.90 Å². The van der Waals surface area contributed by atoms with Gasteiger partial charge in [0.15, 0.2) is 5.17 Å². The molecule has 27 heavy (non-hydrogen) atoms. The van der Waals surface area contributed by atoms with Crippen molar-refractivity contribution in [2.75, 3.05) is 6.54 Å². The largest absolute Gasteiger partial charge is 0.490 e. The summed E-state index contributed by atoms with van der Waals surface area (Å²) < 4.78 is 5.88. The van der Waals surface area contributed by atoms with Gasteiger partial charge in [0.05, 0.1) is 16.7 Å². The van der Waals surface area contributed by atoms with Crippen molar-refractivity contribution in [1.82, 2.24) is 4.90 Å². The fourth-order valence-corrected chi connectivity index (χ4v) is 3.74. The molecule has 0 aromatic heterocycles. The molecule has 0 N–H and O–H groups in total. The summed E-state index contributed by atoms with van der Waals surface area (Å²) in [7, 11) is 0. The maximum absolute atomic E-state index is 12.9. The predicted octanol–water partition coefficient (Wildman–Crippen LogP) is 5.49. The Balaban J connectivity index is 1.94. The number of nitrogens with zero attached hydrogens (tertiary/aromatic N) is 2. The number of amides is 1. The molecule has 1 amide bonds. The number of carbonyl (C=O) groups is 1. The molecule has 0 atom stereocenters. The van der Waals surface area contributed by atoms with E-state index in [-0.39, 0.29) is 12.0 Å². The van der Waals surface area contributed by atoms with Crippen molar-refractivity contribution in [3.05, 3.63) is 65.1 Å². The minimum atomic E-state index is -0.00381. The van der Waals surface area contributed by atoms with Gasteiger partial charge in [-0.05, 0) is 56.3 Å². The normalized spacial score (nSPS) is 17.3. The van der Waals surface area contributed by atoms with Crippen molar-refractivity contribution in [2.24, 2.45) is 4.99 Å². The molecule has 0 unspecified atom stereocenters. The predicted molar refractivity (Wildman–Crippen MR) is 113 cm³/mol. The molecule has 4 nitrogen and oxygen atoms in total. The summed E-state index contributed by atoms with van der Waals surface area (Å²) in [5, 5.41) is 0.724. The minimum Gasteiger partial charge on any atom is -0.490 e. The summed E-state index contributed by atoms with van der Waals surface area (Å²) in [6.07, 6.45) is 2.85. The van der Waals surface area contributed by atoms with E-state index in [1.165, 1.54) is 11.8 Å². The van der Waals surface area contributed by atoms with E-state index in [9.17, 15) is 4.79 Å². The number of amidine groups is 1. The molecule has 0 radical (unpaired) electrons. The zero-order valence-electron chi connectivity index (χ0n) is 15.9. The van der Waals surface area contributed by atoms with Crippen molar-refractivity contribution in [1.29, 1.82) is 0 Å². The highest BCUT2D eigenvalue weighted by Crippen LogP contribution is 2.35. The van der Waals surface area contributed by atoms with Gasteiger partial charge < -0.3 is 4.74 Å². The van der Waals surface area contributed by atoms with Crippen LogP contribution in [0.4, 0.5) is 5.69 Å². The van der Waals surface area contributed by atoms with E-state index in [1.807, 2.05) is 74.5 Å². The molecule has 2 aromatic carbocycles. The van der Waals surface area contributed by atoms with Crippen molar-refractivity contribution in [2.45, 2.75) is 33.3 Å². The zero-order valence-corrected chi connectivity index (χ0v) is 16.7. The van der Waals surface area contributed by atoms with E-state index < -0.39 is 0 Å². The Bertz CT molecular complexity index is 860.